The van der Waals surface area contributed by atoms with Crippen molar-refractivity contribution in [1.29, 1.82) is 0 Å². The quantitative estimate of drug-likeness (QED) is 0.849. The second-order valence-electron chi connectivity index (χ2n) is 5.11. The Labute approximate surface area is 107 Å². The number of imidazole rings is 1. The fourth-order valence-corrected chi connectivity index (χ4v) is 2.57. The Kier molecular flexibility index (Phi) is 2.84. The van der Waals surface area contributed by atoms with Gasteiger partial charge in [-0.25, -0.2) is 4.98 Å². The van der Waals surface area contributed by atoms with Crippen molar-refractivity contribution in [1.82, 2.24) is 15.3 Å². The van der Waals surface area contributed by atoms with Crippen LogP contribution in [0.3, 0.4) is 0 Å². The number of nitrogens with one attached hydrogen (secondary N) is 2. The molecule has 2 unspecified atom stereocenters. The highest BCUT2D eigenvalue weighted by Gasteiger charge is 2.30. The van der Waals surface area contributed by atoms with Crippen LogP contribution in [0.2, 0.25) is 0 Å². The van der Waals surface area contributed by atoms with Gasteiger partial charge in [0.1, 0.15) is 5.82 Å². The number of aromatic amines is 1. The van der Waals surface area contributed by atoms with Gasteiger partial charge in [-0.2, -0.15) is 0 Å². The summed E-state index contributed by atoms with van der Waals surface area (Å²) in [4.78, 5) is 8.16. The maximum atomic E-state index is 5.54. The van der Waals surface area contributed by atoms with E-state index in [0.29, 0.717) is 12.0 Å². The van der Waals surface area contributed by atoms with Gasteiger partial charge in [-0.1, -0.05) is 0 Å². The van der Waals surface area contributed by atoms with E-state index >= 15 is 0 Å². The van der Waals surface area contributed by atoms with E-state index in [1.807, 2.05) is 7.05 Å². The van der Waals surface area contributed by atoms with Gasteiger partial charge in [-0.3, -0.25) is 0 Å². The van der Waals surface area contributed by atoms with Crippen molar-refractivity contribution in [3.63, 3.8) is 0 Å². The minimum atomic E-state index is 0.322. The van der Waals surface area contributed by atoms with Gasteiger partial charge >= 0.3 is 0 Å². The second kappa shape index (κ2) is 4.37. The van der Waals surface area contributed by atoms with Crippen molar-refractivity contribution in [2.45, 2.75) is 25.8 Å². The van der Waals surface area contributed by atoms with Crippen LogP contribution in [0.5, 0.6) is 0 Å². The predicted octanol–water partition coefficient (Wildman–Crippen LogP) is 1.88. The molecule has 2 heterocycles. The molecule has 0 amide bonds. The molecule has 1 aromatic heterocycles. The zero-order valence-electron chi connectivity index (χ0n) is 11.1. The molecule has 2 N–H and O–H groups in total. The Hall–Kier alpha value is -1.39. The van der Waals surface area contributed by atoms with Crippen LogP contribution in [0.1, 0.15) is 22.9 Å². The summed E-state index contributed by atoms with van der Waals surface area (Å²) in [6.07, 6.45) is 0. The summed E-state index contributed by atoms with van der Waals surface area (Å²) in [5, 5.41) is 3.29. The molecule has 0 saturated carbocycles. The average Bonchev–Trinajstić information content (AvgIpc) is 2.95. The van der Waals surface area contributed by atoms with Crippen LogP contribution in [0, 0.1) is 13.8 Å². The number of hydrogen-bond acceptors (Lipinski definition) is 3. The van der Waals surface area contributed by atoms with Crippen molar-refractivity contribution in [3.8, 4) is 0 Å². The van der Waals surface area contributed by atoms with Crippen molar-refractivity contribution < 1.29 is 4.74 Å². The SMILES string of the molecule is CNC1COCC1c1nc2cc(C)c(C)cc2[nH]1. The summed E-state index contributed by atoms with van der Waals surface area (Å²) in [5.41, 5.74) is 4.75. The molecule has 0 radical (unpaired) electrons. The van der Waals surface area contributed by atoms with Crippen LogP contribution in [0.4, 0.5) is 0 Å². The van der Waals surface area contributed by atoms with Crippen LogP contribution in [0.15, 0.2) is 12.1 Å². The number of benzene rings is 1. The molecule has 4 nitrogen and oxygen atoms in total. The number of aryl methyl sites for hydroxylation is 2. The number of H-pyrrole nitrogens is 1. The average molecular weight is 245 g/mol. The zero-order chi connectivity index (χ0) is 12.7. The summed E-state index contributed by atoms with van der Waals surface area (Å²) in [5.74, 6) is 1.36. The molecule has 3 rings (SSSR count). The largest absolute Gasteiger partial charge is 0.379 e. The highest BCUT2D eigenvalue weighted by molar-refractivity contribution is 5.77. The maximum absolute atomic E-state index is 5.54. The number of hydrogen-bond donors (Lipinski definition) is 2. The maximum Gasteiger partial charge on any atom is 0.114 e. The van der Waals surface area contributed by atoms with E-state index < -0.39 is 0 Å². The lowest BCUT2D eigenvalue weighted by atomic mass is 10.0. The van der Waals surface area contributed by atoms with Gasteiger partial charge in [0.15, 0.2) is 0 Å². The molecule has 0 aliphatic carbocycles. The minimum absolute atomic E-state index is 0.322. The molecule has 1 saturated heterocycles. The first kappa shape index (κ1) is 11.7. The molecule has 4 heteroatoms. The molecule has 1 fully saturated rings. The van der Waals surface area contributed by atoms with Gasteiger partial charge in [0, 0.05) is 6.04 Å². The third-order valence-electron chi connectivity index (χ3n) is 3.92. The highest BCUT2D eigenvalue weighted by Crippen LogP contribution is 2.26. The van der Waals surface area contributed by atoms with Crippen LogP contribution in [-0.4, -0.2) is 36.3 Å². The molecule has 0 bridgehead atoms. The second-order valence-corrected chi connectivity index (χ2v) is 5.11. The van der Waals surface area contributed by atoms with E-state index in [1.54, 1.807) is 0 Å². The summed E-state index contributed by atoms with van der Waals surface area (Å²) < 4.78 is 5.54. The number of fused-ring (bicyclic) bond motifs is 1. The summed E-state index contributed by atoms with van der Waals surface area (Å²) in [6.45, 7) is 5.75. The zero-order valence-corrected chi connectivity index (χ0v) is 11.1. The first-order valence-corrected chi connectivity index (χ1v) is 6.41. The molecule has 18 heavy (non-hydrogen) atoms. The van der Waals surface area contributed by atoms with Crippen molar-refractivity contribution >= 4 is 11.0 Å². The number of likely N-dealkylation sites (N-methyl/N-ethyl adjacent to an activating group) is 1. The predicted molar refractivity (Wildman–Crippen MR) is 72.0 cm³/mol. The molecular weight excluding hydrogens is 226 g/mol. The Morgan fingerprint density at radius 2 is 2.06 bits per heavy atom. The Balaban J connectivity index is 2.03. The van der Waals surface area contributed by atoms with E-state index in [9.17, 15) is 0 Å². The van der Waals surface area contributed by atoms with Gasteiger partial charge in [0.25, 0.3) is 0 Å². The lowest BCUT2D eigenvalue weighted by molar-refractivity contribution is 0.188. The molecular formula is C14H19N3O. The van der Waals surface area contributed by atoms with E-state index in [0.717, 1.165) is 30.1 Å². The molecule has 0 spiro atoms. The van der Waals surface area contributed by atoms with Gasteiger partial charge in [-0.05, 0) is 44.2 Å². The minimum Gasteiger partial charge on any atom is -0.379 e. The lowest BCUT2D eigenvalue weighted by Gasteiger charge is -2.13. The van der Waals surface area contributed by atoms with E-state index in [4.69, 9.17) is 9.72 Å². The van der Waals surface area contributed by atoms with E-state index in [1.165, 1.54) is 11.1 Å². The van der Waals surface area contributed by atoms with Crippen molar-refractivity contribution in [2.75, 3.05) is 20.3 Å². The van der Waals surface area contributed by atoms with Crippen LogP contribution in [0.25, 0.3) is 11.0 Å². The fourth-order valence-electron chi connectivity index (χ4n) is 2.57. The summed E-state index contributed by atoms with van der Waals surface area (Å²) in [7, 11) is 1.98. The van der Waals surface area contributed by atoms with E-state index in [2.05, 4.69) is 36.3 Å². The van der Waals surface area contributed by atoms with Crippen LogP contribution >= 0.6 is 0 Å². The number of rotatable bonds is 2. The lowest BCUT2D eigenvalue weighted by Crippen LogP contribution is -2.31. The summed E-state index contributed by atoms with van der Waals surface area (Å²) in [6, 6.07) is 4.67. The molecule has 1 aliphatic rings. The molecule has 96 valence electrons. The van der Waals surface area contributed by atoms with Crippen molar-refractivity contribution in [3.05, 3.63) is 29.1 Å². The third kappa shape index (κ3) is 1.82. The first-order chi connectivity index (χ1) is 8.69. The normalized spacial score (nSPS) is 23.9. The topological polar surface area (TPSA) is 49.9 Å². The fraction of sp³-hybridized carbons (Fsp3) is 0.500. The van der Waals surface area contributed by atoms with E-state index in [-0.39, 0.29) is 0 Å². The van der Waals surface area contributed by atoms with Gasteiger partial charge in [0.05, 0.1) is 30.2 Å². The van der Waals surface area contributed by atoms with Gasteiger partial charge in [0.2, 0.25) is 0 Å². The monoisotopic (exact) mass is 245 g/mol. The Morgan fingerprint density at radius 3 is 2.83 bits per heavy atom. The number of nitrogens with zero attached hydrogens (tertiary/aromatic N) is 1. The molecule has 1 aliphatic heterocycles. The van der Waals surface area contributed by atoms with Gasteiger partial charge in [-0.15, -0.1) is 0 Å². The third-order valence-corrected chi connectivity index (χ3v) is 3.92. The van der Waals surface area contributed by atoms with Crippen molar-refractivity contribution in [2.24, 2.45) is 0 Å². The molecule has 2 atom stereocenters. The molecule has 2 aromatic rings. The highest BCUT2D eigenvalue weighted by atomic mass is 16.5. The Morgan fingerprint density at radius 1 is 1.28 bits per heavy atom. The number of aromatic nitrogens is 2. The standard InChI is InChI=1S/C14H19N3O/c1-8-4-11-12(5-9(8)2)17-14(16-11)10-6-18-7-13(10)15-3/h4-5,10,13,15H,6-7H2,1-3H3,(H,16,17). The van der Waals surface area contributed by atoms with Crippen LogP contribution < -0.4 is 5.32 Å². The summed E-state index contributed by atoms with van der Waals surface area (Å²) >= 11 is 0. The first-order valence-electron chi connectivity index (χ1n) is 6.41. The Bertz CT molecular complexity index is 537. The van der Waals surface area contributed by atoms with Crippen LogP contribution in [-0.2, 0) is 4.74 Å². The molecule has 1 aromatic carbocycles. The number of ether oxygens (including phenoxy) is 1. The van der Waals surface area contributed by atoms with Gasteiger partial charge < -0.3 is 15.0 Å². The smallest absolute Gasteiger partial charge is 0.114 e.